The monoisotopic (exact) mass is 258 g/mol. The van der Waals surface area contributed by atoms with E-state index in [4.69, 9.17) is 0 Å². The van der Waals surface area contributed by atoms with Crippen molar-refractivity contribution in [2.24, 2.45) is 7.05 Å². The minimum Gasteiger partial charge on any atom is -0.391 e. The van der Waals surface area contributed by atoms with Crippen molar-refractivity contribution in [3.05, 3.63) is 36.0 Å². The molecule has 0 unspecified atom stereocenters. The lowest BCUT2D eigenvalue weighted by Crippen LogP contribution is -2.42. The van der Waals surface area contributed by atoms with Gasteiger partial charge in [-0.15, -0.1) is 0 Å². The quantitative estimate of drug-likeness (QED) is 0.847. The Hall–Kier alpha value is -1.81. The first kappa shape index (κ1) is 12.2. The summed E-state index contributed by atoms with van der Waals surface area (Å²) in [5.41, 5.74) is 1.79. The smallest absolute Gasteiger partial charge is 0.256 e. The van der Waals surface area contributed by atoms with Gasteiger partial charge in [-0.2, -0.15) is 0 Å². The summed E-state index contributed by atoms with van der Waals surface area (Å²) in [6.07, 6.45) is 3.16. The summed E-state index contributed by atoms with van der Waals surface area (Å²) in [6.45, 7) is 1.18. The van der Waals surface area contributed by atoms with Gasteiger partial charge < -0.3 is 14.6 Å². The van der Waals surface area contributed by atoms with Gasteiger partial charge in [-0.1, -0.05) is 18.2 Å². The van der Waals surface area contributed by atoms with E-state index in [2.05, 4.69) is 0 Å². The van der Waals surface area contributed by atoms with Crippen LogP contribution in [0.15, 0.2) is 30.5 Å². The summed E-state index contributed by atoms with van der Waals surface area (Å²) in [4.78, 5) is 14.3. The van der Waals surface area contributed by atoms with E-state index in [-0.39, 0.29) is 12.0 Å². The number of carbonyl (C=O) groups excluding carboxylic acids is 1. The third kappa shape index (κ3) is 2.12. The van der Waals surface area contributed by atoms with Crippen molar-refractivity contribution in [2.45, 2.75) is 18.9 Å². The Balaban J connectivity index is 1.97. The van der Waals surface area contributed by atoms with Gasteiger partial charge in [-0.25, -0.2) is 0 Å². The molecule has 19 heavy (non-hydrogen) atoms. The zero-order valence-electron chi connectivity index (χ0n) is 11.0. The first-order chi connectivity index (χ1) is 9.16. The Kier molecular flexibility index (Phi) is 3.03. The Bertz CT molecular complexity index is 618. The fourth-order valence-corrected chi connectivity index (χ4v) is 2.82. The maximum atomic E-state index is 12.6. The summed E-state index contributed by atoms with van der Waals surface area (Å²) in [5, 5.41) is 10.7. The number of para-hydroxylation sites is 1. The van der Waals surface area contributed by atoms with Crippen LogP contribution in [0, 0.1) is 0 Å². The molecule has 2 heterocycles. The van der Waals surface area contributed by atoms with Crippen LogP contribution in [-0.4, -0.2) is 39.7 Å². The van der Waals surface area contributed by atoms with Crippen LogP contribution in [0.25, 0.3) is 10.9 Å². The number of likely N-dealkylation sites (tertiary alicyclic amines) is 1. The standard InChI is InChI=1S/C15H18N2O2/c1-16-10-13(12-6-2-3-7-14(12)16)15(19)17-8-4-5-11(18)9-17/h2-3,6-7,10-11,18H,4-5,8-9H2,1H3/t11-/m0/s1. The van der Waals surface area contributed by atoms with Gasteiger partial charge in [0.1, 0.15) is 0 Å². The average molecular weight is 258 g/mol. The Labute approximate surface area is 112 Å². The molecular formula is C15H18N2O2. The summed E-state index contributed by atoms with van der Waals surface area (Å²) in [7, 11) is 1.95. The molecule has 1 aliphatic rings. The SMILES string of the molecule is Cn1cc(C(=O)N2CCC[C@H](O)C2)c2ccccc21. The number of aryl methyl sites for hydroxylation is 1. The number of aliphatic hydroxyl groups is 1. The Morgan fingerprint density at radius 2 is 2.16 bits per heavy atom. The minimum absolute atomic E-state index is 0.0237. The molecule has 0 aliphatic carbocycles. The molecule has 100 valence electrons. The van der Waals surface area contributed by atoms with Gasteiger partial charge in [-0.05, 0) is 18.9 Å². The number of hydrogen-bond acceptors (Lipinski definition) is 2. The topological polar surface area (TPSA) is 45.5 Å². The van der Waals surface area contributed by atoms with E-state index < -0.39 is 0 Å². The maximum absolute atomic E-state index is 12.6. The number of fused-ring (bicyclic) bond motifs is 1. The molecule has 1 saturated heterocycles. The van der Waals surface area contributed by atoms with E-state index >= 15 is 0 Å². The van der Waals surface area contributed by atoms with Gasteiger partial charge in [0.05, 0.1) is 11.7 Å². The molecule has 4 heteroatoms. The molecule has 0 radical (unpaired) electrons. The van der Waals surface area contributed by atoms with Crippen molar-refractivity contribution in [2.75, 3.05) is 13.1 Å². The third-order valence-electron chi connectivity index (χ3n) is 3.81. The highest BCUT2D eigenvalue weighted by molar-refractivity contribution is 6.07. The number of hydrogen-bond donors (Lipinski definition) is 1. The number of carbonyl (C=O) groups is 1. The molecule has 1 aromatic heterocycles. The fraction of sp³-hybridized carbons (Fsp3) is 0.400. The summed E-state index contributed by atoms with van der Waals surface area (Å²) >= 11 is 0. The van der Waals surface area contributed by atoms with Gasteiger partial charge in [0.2, 0.25) is 0 Å². The number of nitrogens with zero attached hydrogens (tertiary/aromatic N) is 2. The van der Waals surface area contributed by atoms with Crippen LogP contribution in [0.1, 0.15) is 23.2 Å². The van der Waals surface area contributed by atoms with E-state index in [1.807, 2.05) is 42.1 Å². The number of piperidine rings is 1. The molecule has 0 spiro atoms. The van der Waals surface area contributed by atoms with E-state index in [9.17, 15) is 9.90 Å². The van der Waals surface area contributed by atoms with Crippen LogP contribution in [0.3, 0.4) is 0 Å². The van der Waals surface area contributed by atoms with Crippen LogP contribution < -0.4 is 0 Å². The van der Waals surface area contributed by atoms with Crippen molar-refractivity contribution in [1.82, 2.24) is 9.47 Å². The number of aromatic nitrogens is 1. The normalized spacial score (nSPS) is 19.9. The molecule has 1 N–H and O–H groups in total. The van der Waals surface area contributed by atoms with Gasteiger partial charge in [0, 0.05) is 37.2 Å². The van der Waals surface area contributed by atoms with Crippen molar-refractivity contribution >= 4 is 16.8 Å². The maximum Gasteiger partial charge on any atom is 0.256 e. The molecule has 0 bridgehead atoms. The second-order valence-electron chi connectivity index (χ2n) is 5.22. The van der Waals surface area contributed by atoms with E-state index in [1.165, 1.54) is 0 Å². The average Bonchev–Trinajstić information content (AvgIpc) is 2.76. The van der Waals surface area contributed by atoms with Crippen molar-refractivity contribution in [3.8, 4) is 0 Å². The molecule has 4 nitrogen and oxygen atoms in total. The third-order valence-corrected chi connectivity index (χ3v) is 3.81. The molecule has 1 atom stereocenters. The van der Waals surface area contributed by atoms with Crippen LogP contribution in [-0.2, 0) is 7.05 Å². The zero-order chi connectivity index (χ0) is 13.4. The van der Waals surface area contributed by atoms with Gasteiger partial charge in [0.25, 0.3) is 5.91 Å². The number of β-amino-alcohol motifs (C(OH)–C–C–N with tert-alkyl or cyclic N) is 1. The first-order valence-corrected chi connectivity index (χ1v) is 6.68. The van der Waals surface area contributed by atoms with Crippen LogP contribution in [0.5, 0.6) is 0 Å². The Morgan fingerprint density at radius 1 is 1.37 bits per heavy atom. The highest BCUT2D eigenvalue weighted by Gasteiger charge is 2.25. The highest BCUT2D eigenvalue weighted by Crippen LogP contribution is 2.23. The molecule has 3 rings (SSSR count). The first-order valence-electron chi connectivity index (χ1n) is 6.68. The lowest BCUT2D eigenvalue weighted by atomic mass is 10.1. The molecular weight excluding hydrogens is 240 g/mol. The second-order valence-corrected chi connectivity index (χ2v) is 5.22. The lowest BCUT2D eigenvalue weighted by molar-refractivity contribution is 0.0475. The van der Waals surface area contributed by atoms with Crippen LogP contribution in [0.2, 0.25) is 0 Å². The van der Waals surface area contributed by atoms with Crippen molar-refractivity contribution < 1.29 is 9.90 Å². The molecule has 1 aromatic carbocycles. The zero-order valence-corrected chi connectivity index (χ0v) is 11.0. The lowest BCUT2D eigenvalue weighted by Gasteiger charge is -2.30. The summed E-state index contributed by atoms with van der Waals surface area (Å²) in [6, 6.07) is 7.91. The minimum atomic E-state index is -0.382. The van der Waals surface area contributed by atoms with Crippen molar-refractivity contribution in [3.63, 3.8) is 0 Å². The number of aliphatic hydroxyl groups excluding tert-OH is 1. The summed E-state index contributed by atoms with van der Waals surface area (Å²) < 4.78 is 1.98. The largest absolute Gasteiger partial charge is 0.391 e. The number of amides is 1. The molecule has 2 aromatic rings. The van der Waals surface area contributed by atoms with Gasteiger partial charge in [-0.3, -0.25) is 4.79 Å². The predicted molar refractivity (Wildman–Crippen MR) is 74.1 cm³/mol. The molecule has 0 saturated carbocycles. The van der Waals surface area contributed by atoms with Gasteiger partial charge >= 0.3 is 0 Å². The molecule has 1 fully saturated rings. The predicted octanol–water partition coefficient (Wildman–Crippen LogP) is 1.78. The Morgan fingerprint density at radius 3 is 2.95 bits per heavy atom. The molecule has 1 amide bonds. The number of rotatable bonds is 1. The van der Waals surface area contributed by atoms with Crippen molar-refractivity contribution in [1.29, 1.82) is 0 Å². The number of benzene rings is 1. The van der Waals surface area contributed by atoms with Crippen LogP contribution in [0.4, 0.5) is 0 Å². The van der Waals surface area contributed by atoms with E-state index in [0.29, 0.717) is 6.54 Å². The highest BCUT2D eigenvalue weighted by atomic mass is 16.3. The van der Waals surface area contributed by atoms with Gasteiger partial charge in [0.15, 0.2) is 0 Å². The van der Waals surface area contributed by atoms with Crippen LogP contribution >= 0.6 is 0 Å². The fourth-order valence-electron chi connectivity index (χ4n) is 2.82. The van der Waals surface area contributed by atoms with E-state index in [1.54, 1.807) is 4.90 Å². The van der Waals surface area contributed by atoms with E-state index in [0.717, 1.165) is 35.9 Å². The summed E-state index contributed by atoms with van der Waals surface area (Å²) in [5.74, 6) is 0.0237. The molecule has 1 aliphatic heterocycles. The second kappa shape index (κ2) is 4.70.